The van der Waals surface area contributed by atoms with Crippen LogP contribution in [0.1, 0.15) is 76.0 Å². The first-order valence-corrected chi connectivity index (χ1v) is 7.89. The standard InChI is InChI=1S/C18H30O/c1-4-5-6-7-8-9-10-11-17-12-14-18(15-13-17)16(2)19-3/h12-16H,4-11H2,1-3H3. The smallest absolute Gasteiger partial charge is 0.0793 e. The summed E-state index contributed by atoms with van der Waals surface area (Å²) in [6.07, 6.45) is 11.1. The van der Waals surface area contributed by atoms with E-state index < -0.39 is 0 Å². The lowest BCUT2D eigenvalue weighted by molar-refractivity contribution is 0.119. The average molecular weight is 262 g/mol. The Morgan fingerprint density at radius 1 is 0.895 bits per heavy atom. The van der Waals surface area contributed by atoms with Gasteiger partial charge in [0, 0.05) is 7.11 Å². The third-order valence-corrected chi connectivity index (χ3v) is 3.87. The van der Waals surface area contributed by atoms with Gasteiger partial charge in [-0.25, -0.2) is 0 Å². The zero-order valence-electron chi connectivity index (χ0n) is 13.0. The third-order valence-electron chi connectivity index (χ3n) is 3.87. The molecule has 1 rings (SSSR count). The second-order valence-corrected chi connectivity index (χ2v) is 5.49. The van der Waals surface area contributed by atoms with Crippen LogP contribution in [0.3, 0.4) is 0 Å². The lowest BCUT2D eigenvalue weighted by Gasteiger charge is -2.10. The van der Waals surface area contributed by atoms with Crippen molar-refractivity contribution in [2.24, 2.45) is 0 Å². The van der Waals surface area contributed by atoms with Gasteiger partial charge >= 0.3 is 0 Å². The molecule has 0 spiro atoms. The van der Waals surface area contributed by atoms with Gasteiger partial charge in [-0.15, -0.1) is 0 Å². The van der Waals surface area contributed by atoms with Crippen molar-refractivity contribution in [3.05, 3.63) is 35.4 Å². The zero-order valence-corrected chi connectivity index (χ0v) is 13.0. The summed E-state index contributed by atoms with van der Waals surface area (Å²) in [6, 6.07) is 8.90. The van der Waals surface area contributed by atoms with Gasteiger partial charge in [-0.1, -0.05) is 69.7 Å². The molecule has 0 aliphatic carbocycles. The minimum Gasteiger partial charge on any atom is -0.377 e. The molecule has 0 aliphatic heterocycles. The van der Waals surface area contributed by atoms with Crippen molar-refractivity contribution >= 4 is 0 Å². The van der Waals surface area contributed by atoms with Crippen LogP contribution in [0.25, 0.3) is 0 Å². The van der Waals surface area contributed by atoms with E-state index in [2.05, 4.69) is 38.1 Å². The van der Waals surface area contributed by atoms with Gasteiger partial charge in [0.1, 0.15) is 0 Å². The van der Waals surface area contributed by atoms with Gasteiger partial charge in [0.25, 0.3) is 0 Å². The van der Waals surface area contributed by atoms with Crippen LogP contribution < -0.4 is 0 Å². The minimum atomic E-state index is 0.201. The summed E-state index contributed by atoms with van der Waals surface area (Å²) in [5.41, 5.74) is 2.73. The predicted molar refractivity (Wildman–Crippen MR) is 83.6 cm³/mol. The highest BCUT2D eigenvalue weighted by Gasteiger charge is 2.02. The van der Waals surface area contributed by atoms with Crippen LogP contribution in [0.4, 0.5) is 0 Å². The van der Waals surface area contributed by atoms with Gasteiger partial charge in [-0.2, -0.15) is 0 Å². The van der Waals surface area contributed by atoms with E-state index in [-0.39, 0.29) is 6.10 Å². The monoisotopic (exact) mass is 262 g/mol. The molecule has 1 unspecified atom stereocenters. The van der Waals surface area contributed by atoms with E-state index in [1.807, 2.05) is 0 Å². The number of hydrogen-bond donors (Lipinski definition) is 0. The molecule has 1 nitrogen and oxygen atoms in total. The maximum atomic E-state index is 5.32. The van der Waals surface area contributed by atoms with Crippen molar-refractivity contribution < 1.29 is 4.74 Å². The Hall–Kier alpha value is -0.820. The quantitative estimate of drug-likeness (QED) is 0.492. The van der Waals surface area contributed by atoms with Crippen molar-refractivity contribution in [1.82, 2.24) is 0 Å². The topological polar surface area (TPSA) is 9.23 Å². The van der Waals surface area contributed by atoms with Crippen molar-refractivity contribution in [3.63, 3.8) is 0 Å². The highest BCUT2D eigenvalue weighted by Crippen LogP contribution is 2.17. The molecule has 0 aromatic heterocycles. The molecule has 0 radical (unpaired) electrons. The van der Waals surface area contributed by atoms with E-state index in [1.54, 1.807) is 7.11 Å². The number of aryl methyl sites for hydroxylation is 1. The number of benzene rings is 1. The Morgan fingerprint density at radius 3 is 2.05 bits per heavy atom. The fraction of sp³-hybridized carbons (Fsp3) is 0.667. The molecule has 1 aromatic carbocycles. The second-order valence-electron chi connectivity index (χ2n) is 5.49. The Kier molecular flexibility index (Phi) is 8.57. The fourth-order valence-corrected chi connectivity index (χ4v) is 2.38. The molecule has 1 atom stereocenters. The van der Waals surface area contributed by atoms with Gasteiger partial charge < -0.3 is 4.74 Å². The third kappa shape index (κ3) is 6.77. The highest BCUT2D eigenvalue weighted by atomic mass is 16.5. The van der Waals surface area contributed by atoms with E-state index in [4.69, 9.17) is 4.74 Å². The van der Waals surface area contributed by atoms with Crippen LogP contribution in [0.2, 0.25) is 0 Å². The van der Waals surface area contributed by atoms with Crippen molar-refractivity contribution in [1.29, 1.82) is 0 Å². The predicted octanol–water partition coefficient (Wildman–Crippen LogP) is 5.69. The van der Waals surface area contributed by atoms with Crippen LogP contribution in [-0.2, 0) is 11.2 Å². The largest absolute Gasteiger partial charge is 0.377 e. The van der Waals surface area contributed by atoms with Gasteiger partial charge in [-0.3, -0.25) is 0 Å². The Morgan fingerprint density at radius 2 is 1.47 bits per heavy atom. The summed E-state index contributed by atoms with van der Waals surface area (Å²) in [5.74, 6) is 0. The molecule has 1 aromatic rings. The second kappa shape index (κ2) is 10.0. The molecule has 0 saturated heterocycles. The summed E-state index contributed by atoms with van der Waals surface area (Å²) in [7, 11) is 1.76. The number of rotatable bonds is 10. The zero-order chi connectivity index (χ0) is 13.9. The maximum Gasteiger partial charge on any atom is 0.0793 e. The van der Waals surface area contributed by atoms with Gasteiger partial charge in [0.2, 0.25) is 0 Å². The first-order valence-electron chi connectivity index (χ1n) is 7.89. The van der Waals surface area contributed by atoms with E-state index in [1.165, 1.54) is 62.5 Å². The summed E-state index contributed by atoms with van der Waals surface area (Å²) in [4.78, 5) is 0. The van der Waals surface area contributed by atoms with E-state index >= 15 is 0 Å². The summed E-state index contributed by atoms with van der Waals surface area (Å²) in [6.45, 7) is 4.36. The van der Waals surface area contributed by atoms with Crippen LogP contribution in [0.15, 0.2) is 24.3 Å². The fourth-order valence-electron chi connectivity index (χ4n) is 2.38. The molecular weight excluding hydrogens is 232 g/mol. The van der Waals surface area contributed by atoms with Gasteiger partial charge in [-0.05, 0) is 30.9 Å². The molecule has 108 valence electrons. The molecule has 0 fully saturated rings. The van der Waals surface area contributed by atoms with Gasteiger partial charge in [0.05, 0.1) is 6.10 Å². The molecule has 0 bridgehead atoms. The summed E-state index contributed by atoms with van der Waals surface area (Å²) in [5, 5.41) is 0. The minimum absolute atomic E-state index is 0.201. The first kappa shape index (κ1) is 16.2. The molecule has 19 heavy (non-hydrogen) atoms. The van der Waals surface area contributed by atoms with Crippen molar-refractivity contribution in [2.45, 2.75) is 71.3 Å². The normalized spacial score (nSPS) is 12.6. The number of ether oxygens (including phenoxy) is 1. The van der Waals surface area contributed by atoms with Crippen molar-refractivity contribution in [2.75, 3.05) is 7.11 Å². The Labute approximate surface area is 119 Å². The number of unbranched alkanes of at least 4 members (excludes halogenated alkanes) is 6. The molecule has 0 heterocycles. The van der Waals surface area contributed by atoms with Crippen LogP contribution >= 0.6 is 0 Å². The lowest BCUT2D eigenvalue weighted by atomic mass is 10.0. The molecule has 0 saturated carbocycles. The Bertz CT molecular complexity index is 315. The van der Waals surface area contributed by atoms with Crippen molar-refractivity contribution in [3.8, 4) is 0 Å². The molecular formula is C18H30O. The summed E-state index contributed by atoms with van der Waals surface area (Å²) >= 11 is 0. The van der Waals surface area contributed by atoms with E-state index in [0.717, 1.165) is 0 Å². The molecule has 0 amide bonds. The number of methoxy groups -OCH3 is 1. The molecule has 1 heteroatoms. The molecule has 0 N–H and O–H groups in total. The maximum absolute atomic E-state index is 5.32. The van der Waals surface area contributed by atoms with E-state index in [9.17, 15) is 0 Å². The van der Waals surface area contributed by atoms with Gasteiger partial charge in [0.15, 0.2) is 0 Å². The van der Waals surface area contributed by atoms with E-state index in [0.29, 0.717) is 0 Å². The summed E-state index contributed by atoms with van der Waals surface area (Å²) < 4.78 is 5.32. The number of hydrogen-bond acceptors (Lipinski definition) is 1. The SMILES string of the molecule is CCCCCCCCCc1ccc(C(C)OC)cc1. The Balaban J connectivity index is 2.16. The molecule has 0 aliphatic rings. The average Bonchev–Trinajstić information content (AvgIpc) is 2.46. The lowest BCUT2D eigenvalue weighted by Crippen LogP contribution is -1.96. The van der Waals surface area contributed by atoms with Crippen LogP contribution in [0.5, 0.6) is 0 Å². The van der Waals surface area contributed by atoms with Crippen LogP contribution in [0, 0.1) is 0 Å². The highest BCUT2D eigenvalue weighted by molar-refractivity contribution is 5.24. The van der Waals surface area contributed by atoms with Crippen LogP contribution in [-0.4, -0.2) is 7.11 Å². The first-order chi connectivity index (χ1) is 9.27.